The lowest BCUT2D eigenvalue weighted by atomic mass is 10.1. The summed E-state index contributed by atoms with van der Waals surface area (Å²) in [6.07, 6.45) is 6.59. The maximum Gasteiger partial charge on any atom is 0.0630 e. The van der Waals surface area contributed by atoms with Gasteiger partial charge < -0.3 is 9.84 Å². The summed E-state index contributed by atoms with van der Waals surface area (Å²) in [5.74, 6) is 0. The number of ether oxygens (including phenoxy) is 1. The van der Waals surface area contributed by atoms with Crippen LogP contribution < -0.4 is 0 Å². The van der Waals surface area contributed by atoms with Crippen LogP contribution in [0.15, 0.2) is 12.2 Å². The van der Waals surface area contributed by atoms with E-state index in [1.165, 1.54) is 0 Å². The van der Waals surface area contributed by atoms with E-state index in [-0.39, 0.29) is 12.2 Å². The van der Waals surface area contributed by atoms with Gasteiger partial charge in [-0.25, -0.2) is 0 Å². The third kappa shape index (κ3) is 2.12. The number of methoxy groups -OCH3 is 1. The van der Waals surface area contributed by atoms with Gasteiger partial charge in [-0.1, -0.05) is 12.2 Å². The van der Waals surface area contributed by atoms with E-state index in [9.17, 15) is 5.11 Å². The van der Waals surface area contributed by atoms with E-state index < -0.39 is 0 Å². The Bertz CT molecular complexity index is 120. The summed E-state index contributed by atoms with van der Waals surface area (Å²) < 4.78 is 5.13. The lowest BCUT2D eigenvalue weighted by molar-refractivity contribution is 0.0516. The van der Waals surface area contributed by atoms with Gasteiger partial charge in [0.05, 0.1) is 12.2 Å². The fraction of sp³-hybridized carbons (Fsp3) is 0.750. The third-order valence-corrected chi connectivity index (χ3v) is 1.84. The second kappa shape index (κ2) is 3.74. The summed E-state index contributed by atoms with van der Waals surface area (Å²) in [7, 11) is 1.69. The van der Waals surface area contributed by atoms with Crippen LogP contribution in [0.3, 0.4) is 0 Å². The van der Waals surface area contributed by atoms with Gasteiger partial charge in [-0.15, -0.1) is 0 Å². The molecule has 0 aromatic rings. The zero-order chi connectivity index (χ0) is 7.40. The SMILES string of the molecule is CO[C@@H]1CC=CC[C@@H](O)C1. The second-order valence-corrected chi connectivity index (χ2v) is 2.69. The van der Waals surface area contributed by atoms with Crippen molar-refractivity contribution in [2.75, 3.05) is 7.11 Å². The molecular weight excluding hydrogens is 128 g/mol. The van der Waals surface area contributed by atoms with Gasteiger partial charge in [0.15, 0.2) is 0 Å². The number of rotatable bonds is 1. The van der Waals surface area contributed by atoms with Crippen molar-refractivity contribution in [2.24, 2.45) is 0 Å². The minimum absolute atomic E-state index is 0.205. The van der Waals surface area contributed by atoms with Gasteiger partial charge >= 0.3 is 0 Å². The Morgan fingerprint density at radius 2 is 2.10 bits per heavy atom. The quantitative estimate of drug-likeness (QED) is 0.555. The van der Waals surface area contributed by atoms with E-state index in [0.29, 0.717) is 0 Å². The van der Waals surface area contributed by atoms with E-state index in [2.05, 4.69) is 6.08 Å². The Hall–Kier alpha value is -0.340. The molecule has 0 aliphatic heterocycles. The first-order valence-electron chi connectivity index (χ1n) is 3.68. The molecular formula is C8H14O2. The van der Waals surface area contributed by atoms with Crippen LogP contribution in [0.5, 0.6) is 0 Å². The molecule has 1 N–H and O–H groups in total. The molecule has 2 atom stereocenters. The van der Waals surface area contributed by atoms with Crippen LogP contribution in [0.1, 0.15) is 19.3 Å². The molecule has 0 radical (unpaired) electrons. The molecule has 0 saturated heterocycles. The van der Waals surface area contributed by atoms with E-state index in [0.717, 1.165) is 19.3 Å². The molecule has 0 heterocycles. The molecule has 0 aromatic heterocycles. The first-order chi connectivity index (χ1) is 4.83. The zero-order valence-corrected chi connectivity index (χ0v) is 6.29. The molecule has 0 fully saturated rings. The molecule has 0 unspecified atom stereocenters. The third-order valence-electron chi connectivity index (χ3n) is 1.84. The topological polar surface area (TPSA) is 29.5 Å². The maximum absolute atomic E-state index is 9.26. The molecule has 1 aliphatic rings. The van der Waals surface area contributed by atoms with Crippen LogP contribution in [0.2, 0.25) is 0 Å². The van der Waals surface area contributed by atoms with Crippen molar-refractivity contribution < 1.29 is 9.84 Å². The van der Waals surface area contributed by atoms with Crippen LogP contribution in [-0.4, -0.2) is 24.4 Å². The van der Waals surface area contributed by atoms with E-state index in [1.54, 1.807) is 7.11 Å². The molecule has 2 nitrogen and oxygen atoms in total. The number of aliphatic hydroxyl groups is 1. The van der Waals surface area contributed by atoms with Crippen molar-refractivity contribution in [1.82, 2.24) is 0 Å². The predicted octanol–water partition coefficient (Wildman–Crippen LogP) is 1.10. The second-order valence-electron chi connectivity index (χ2n) is 2.69. The highest BCUT2D eigenvalue weighted by Crippen LogP contribution is 2.14. The number of hydrogen-bond donors (Lipinski definition) is 1. The van der Waals surface area contributed by atoms with Crippen LogP contribution >= 0.6 is 0 Å². The summed E-state index contributed by atoms with van der Waals surface area (Å²) in [4.78, 5) is 0. The molecule has 2 heteroatoms. The van der Waals surface area contributed by atoms with Crippen molar-refractivity contribution >= 4 is 0 Å². The Kier molecular flexibility index (Phi) is 2.90. The van der Waals surface area contributed by atoms with Crippen molar-refractivity contribution in [3.05, 3.63) is 12.2 Å². The summed E-state index contributed by atoms with van der Waals surface area (Å²) in [6.45, 7) is 0. The summed E-state index contributed by atoms with van der Waals surface area (Å²) in [5, 5.41) is 9.26. The summed E-state index contributed by atoms with van der Waals surface area (Å²) in [5.41, 5.74) is 0. The van der Waals surface area contributed by atoms with Gasteiger partial charge in [0, 0.05) is 13.5 Å². The Morgan fingerprint density at radius 1 is 1.40 bits per heavy atom. The summed E-state index contributed by atoms with van der Waals surface area (Å²) >= 11 is 0. The lowest BCUT2D eigenvalue weighted by Gasteiger charge is -2.13. The lowest BCUT2D eigenvalue weighted by Crippen LogP contribution is -2.16. The molecule has 1 aliphatic carbocycles. The average molecular weight is 142 g/mol. The highest BCUT2D eigenvalue weighted by Gasteiger charge is 2.13. The minimum Gasteiger partial charge on any atom is -0.393 e. The van der Waals surface area contributed by atoms with Gasteiger partial charge in [0.1, 0.15) is 0 Å². The average Bonchev–Trinajstić information content (AvgIpc) is 2.13. The van der Waals surface area contributed by atoms with Gasteiger partial charge in [0.25, 0.3) is 0 Å². The maximum atomic E-state index is 9.26. The molecule has 0 bridgehead atoms. The molecule has 58 valence electrons. The first kappa shape index (κ1) is 7.76. The standard InChI is InChI=1S/C8H14O2/c1-10-8-5-3-2-4-7(9)6-8/h2-3,7-9H,4-6H2,1H3/t7-,8-/m1/s1. The fourth-order valence-electron chi connectivity index (χ4n) is 1.19. The monoisotopic (exact) mass is 142 g/mol. The molecule has 10 heavy (non-hydrogen) atoms. The van der Waals surface area contributed by atoms with Crippen LogP contribution in [-0.2, 0) is 4.74 Å². The highest BCUT2D eigenvalue weighted by molar-refractivity contribution is 4.91. The van der Waals surface area contributed by atoms with Crippen molar-refractivity contribution in [3.63, 3.8) is 0 Å². The van der Waals surface area contributed by atoms with Gasteiger partial charge in [-0.3, -0.25) is 0 Å². The van der Waals surface area contributed by atoms with Crippen molar-refractivity contribution in [1.29, 1.82) is 0 Å². The Balaban J connectivity index is 2.40. The van der Waals surface area contributed by atoms with Crippen molar-refractivity contribution in [3.8, 4) is 0 Å². The van der Waals surface area contributed by atoms with Gasteiger partial charge in [-0.2, -0.15) is 0 Å². The van der Waals surface area contributed by atoms with Crippen LogP contribution in [0.25, 0.3) is 0 Å². The fourth-order valence-corrected chi connectivity index (χ4v) is 1.19. The Labute approximate surface area is 61.5 Å². The number of aliphatic hydroxyl groups excluding tert-OH is 1. The van der Waals surface area contributed by atoms with E-state index >= 15 is 0 Å². The van der Waals surface area contributed by atoms with Crippen LogP contribution in [0, 0.1) is 0 Å². The van der Waals surface area contributed by atoms with Gasteiger partial charge in [0.2, 0.25) is 0 Å². The molecule has 0 saturated carbocycles. The van der Waals surface area contributed by atoms with E-state index in [4.69, 9.17) is 4.74 Å². The highest BCUT2D eigenvalue weighted by atomic mass is 16.5. The normalized spacial score (nSPS) is 33.8. The zero-order valence-electron chi connectivity index (χ0n) is 6.29. The largest absolute Gasteiger partial charge is 0.393 e. The van der Waals surface area contributed by atoms with Crippen molar-refractivity contribution in [2.45, 2.75) is 31.5 Å². The molecule has 0 amide bonds. The number of hydrogen-bond acceptors (Lipinski definition) is 2. The molecule has 0 aromatic carbocycles. The predicted molar refractivity (Wildman–Crippen MR) is 39.8 cm³/mol. The van der Waals surface area contributed by atoms with E-state index in [1.807, 2.05) is 6.08 Å². The smallest absolute Gasteiger partial charge is 0.0630 e. The molecule has 0 spiro atoms. The summed E-state index contributed by atoms with van der Waals surface area (Å²) in [6, 6.07) is 0. The molecule has 1 rings (SSSR count). The van der Waals surface area contributed by atoms with Crippen LogP contribution in [0.4, 0.5) is 0 Å². The minimum atomic E-state index is -0.205. The Morgan fingerprint density at radius 3 is 2.80 bits per heavy atom. The first-order valence-corrected chi connectivity index (χ1v) is 3.68. The van der Waals surface area contributed by atoms with Gasteiger partial charge in [-0.05, 0) is 12.8 Å².